The van der Waals surface area contributed by atoms with Gasteiger partial charge in [-0.3, -0.25) is 9.20 Å². The van der Waals surface area contributed by atoms with Gasteiger partial charge in [-0.1, -0.05) is 15.9 Å². The molecule has 0 saturated heterocycles. The van der Waals surface area contributed by atoms with Gasteiger partial charge < -0.3 is 0 Å². The molecule has 0 N–H and O–H groups in total. The number of hydrogen-bond acceptors (Lipinski definition) is 2. The highest BCUT2D eigenvalue weighted by Gasteiger charge is 2.03. The van der Waals surface area contributed by atoms with Crippen molar-refractivity contribution in [3.05, 3.63) is 75.1 Å². The number of benzene rings is 1. The molecule has 5 heteroatoms. The van der Waals surface area contributed by atoms with Gasteiger partial charge >= 0.3 is 0 Å². The summed E-state index contributed by atoms with van der Waals surface area (Å²) in [5.74, 6) is -0.0348. The highest BCUT2D eigenvalue weighted by atomic mass is 79.9. The summed E-state index contributed by atoms with van der Waals surface area (Å²) >= 11 is 6.78. The molecule has 21 heavy (non-hydrogen) atoms. The van der Waals surface area contributed by atoms with Gasteiger partial charge in [-0.2, -0.15) is 0 Å². The minimum absolute atomic E-state index is 0.0348. The Kier molecular flexibility index (Phi) is 4.03. The molecule has 2 aromatic heterocycles. The summed E-state index contributed by atoms with van der Waals surface area (Å²) < 4.78 is 3.84. The maximum atomic E-state index is 12.1. The number of allylic oxidation sites excluding steroid dienone is 1. The van der Waals surface area contributed by atoms with Crippen LogP contribution in [0.3, 0.4) is 0 Å². The summed E-state index contributed by atoms with van der Waals surface area (Å²) in [5.41, 5.74) is 2.36. The predicted octanol–water partition coefficient (Wildman–Crippen LogP) is 4.76. The van der Waals surface area contributed by atoms with Crippen LogP contribution >= 0.6 is 31.9 Å². The van der Waals surface area contributed by atoms with Crippen molar-refractivity contribution in [2.24, 2.45) is 0 Å². The summed E-state index contributed by atoms with van der Waals surface area (Å²) in [4.78, 5) is 16.4. The van der Waals surface area contributed by atoms with E-state index in [4.69, 9.17) is 0 Å². The minimum Gasteiger partial charge on any atom is -0.299 e. The molecule has 0 bridgehead atoms. The van der Waals surface area contributed by atoms with E-state index in [2.05, 4.69) is 36.8 Å². The van der Waals surface area contributed by atoms with Crippen LogP contribution in [0.5, 0.6) is 0 Å². The normalized spacial score (nSPS) is 11.3. The number of aromatic nitrogens is 2. The monoisotopic (exact) mass is 404 g/mol. The van der Waals surface area contributed by atoms with E-state index in [0.717, 1.165) is 20.3 Å². The first kappa shape index (κ1) is 14.2. The van der Waals surface area contributed by atoms with E-state index in [1.165, 1.54) is 0 Å². The molecule has 0 unspecified atom stereocenters. The molecule has 0 amide bonds. The number of hydrogen-bond donors (Lipinski definition) is 0. The summed E-state index contributed by atoms with van der Waals surface area (Å²) in [7, 11) is 0. The zero-order chi connectivity index (χ0) is 14.8. The third-order valence-corrected chi connectivity index (χ3v) is 4.03. The molecule has 0 fully saturated rings. The number of imidazole rings is 1. The molecule has 3 aromatic rings. The maximum absolute atomic E-state index is 12.1. The van der Waals surface area contributed by atoms with Crippen molar-refractivity contribution in [3.63, 3.8) is 0 Å². The van der Waals surface area contributed by atoms with E-state index in [1.807, 2.05) is 34.9 Å². The molecule has 3 rings (SSSR count). The van der Waals surface area contributed by atoms with Crippen LogP contribution in [0.2, 0.25) is 0 Å². The Morgan fingerprint density at radius 1 is 1.05 bits per heavy atom. The topological polar surface area (TPSA) is 34.4 Å². The number of nitrogens with zero attached hydrogens (tertiary/aromatic N) is 2. The van der Waals surface area contributed by atoms with Gasteiger partial charge in [0.1, 0.15) is 5.65 Å². The third-order valence-electron chi connectivity index (χ3n) is 3.03. The number of ketones is 1. The lowest BCUT2D eigenvalue weighted by atomic mass is 10.1. The second-order valence-electron chi connectivity index (χ2n) is 4.46. The van der Waals surface area contributed by atoms with Crippen molar-refractivity contribution >= 4 is 49.4 Å². The molecule has 0 aliphatic carbocycles. The Balaban J connectivity index is 1.89. The number of halogens is 2. The lowest BCUT2D eigenvalue weighted by Gasteiger charge is -1.98. The maximum Gasteiger partial charge on any atom is 0.185 e. The Morgan fingerprint density at radius 2 is 1.76 bits per heavy atom. The number of carbonyl (C=O) groups is 1. The summed E-state index contributed by atoms with van der Waals surface area (Å²) in [6.45, 7) is 0. The fraction of sp³-hybridized carbons (Fsp3) is 0. The van der Waals surface area contributed by atoms with Gasteiger partial charge in [-0.25, -0.2) is 4.98 Å². The quantitative estimate of drug-likeness (QED) is 0.465. The molecule has 0 spiro atoms. The molecule has 0 radical (unpaired) electrons. The first-order chi connectivity index (χ1) is 10.1. The van der Waals surface area contributed by atoms with Crippen LogP contribution in [0.1, 0.15) is 16.1 Å². The van der Waals surface area contributed by atoms with Gasteiger partial charge in [0.2, 0.25) is 0 Å². The van der Waals surface area contributed by atoms with Crippen molar-refractivity contribution in [1.29, 1.82) is 0 Å². The molecule has 3 nitrogen and oxygen atoms in total. The zero-order valence-corrected chi connectivity index (χ0v) is 14.0. The molecule has 0 saturated carbocycles. The Bertz CT molecular complexity index is 835. The molecular weight excluding hydrogens is 396 g/mol. The summed E-state index contributed by atoms with van der Waals surface area (Å²) in [5, 5.41) is 0. The van der Waals surface area contributed by atoms with E-state index < -0.39 is 0 Å². The van der Waals surface area contributed by atoms with Gasteiger partial charge in [0, 0.05) is 20.7 Å². The smallest absolute Gasteiger partial charge is 0.185 e. The zero-order valence-electron chi connectivity index (χ0n) is 10.8. The molecule has 0 aliphatic rings. The average molecular weight is 406 g/mol. The van der Waals surface area contributed by atoms with Gasteiger partial charge in [-0.15, -0.1) is 0 Å². The molecule has 104 valence electrons. The molecule has 0 atom stereocenters. The van der Waals surface area contributed by atoms with Crippen LogP contribution in [0.4, 0.5) is 0 Å². The van der Waals surface area contributed by atoms with E-state index >= 15 is 0 Å². The van der Waals surface area contributed by atoms with Gasteiger partial charge in [-0.05, 0) is 64.5 Å². The van der Waals surface area contributed by atoms with E-state index in [1.54, 1.807) is 30.5 Å². The first-order valence-corrected chi connectivity index (χ1v) is 7.83. The highest BCUT2D eigenvalue weighted by molar-refractivity contribution is 9.10. The second kappa shape index (κ2) is 5.95. The lowest BCUT2D eigenvalue weighted by molar-refractivity contribution is 0.104. The van der Waals surface area contributed by atoms with Gasteiger partial charge in [0.15, 0.2) is 5.78 Å². The summed E-state index contributed by atoms with van der Waals surface area (Å²) in [6.07, 6.45) is 7.00. The van der Waals surface area contributed by atoms with E-state index in [9.17, 15) is 4.79 Å². The van der Waals surface area contributed by atoms with Crippen molar-refractivity contribution in [2.45, 2.75) is 0 Å². The second-order valence-corrected chi connectivity index (χ2v) is 6.29. The molecule has 2 heterocycles. The third kappa shape index (κ3) is 3.14. The van der Waals surface area contributed by atoms with Crippen LogP contribution < -0.4 is 0 Å². The summed E-state index contributed by atoms with van der Waals surface area (Å²) in [6, 6.07) is 11.1. The number of carbonyl (C=O) groups excluding carboxylic acids is 1. The predicted molar refractivity (Wildman–Crippen MR) is 90.4 cm³/mol. The Hall–Kier alpha value is -1.72. The van der Waals surface area contributed by atoms with Crippen molar-refractivity contribution in [1.82, 2.24) is 9.38 Å². The lowest BCUT2D eigenvalue weighted by Crippen LogP contribution is -1.94. The van der Waals surface area contributed by atoms with Crippen molar-refractivity contribution in [3.8, 4) is 0 Å². The van der Waals surface area contributed by atoms with Gasteiger partial charge in [0.05, 0.1) is 11.9 Å². The fourth-order valence-electron chi connectivity index (χ4n) is 1.97. The SMILES string of the molecule is O=C(C=Cc1cnc2ccc(Br)cn12)c1ccc(Br)cc1. The highest BCUT2D eigenvalue weighted by Crippen LogP contribution is 2.15. The Labute approximate surface area is 138 Å². The van der Waals surface area contributed by atoms with Gasteiger partial charge in [0.25, 0.3) is 0 Å². The molecule has 0 aliphatic heterocycles. The first-order valence-electron chi connectivity index (χ1n) is 6.24. The number of rotatable bonds is 3. The minimum atomic E-state index is -0.0348. The number of pyridine rings is 1. The fourth-order valence-corrected chi connectivity index (χ4v) is 2.57. The van der Waals surface area contributed by atoms with E-state index in [-0.39, 0.29) is 5.78 Å². The van der Waals surface area contributed by atoms with Crippen molar-refractivity contribution in [2.75, 3.05) is 0 Å². The van der Waals surface area contributed by atoms with Crippen molar-refractivity contribution < 1.29 is 4.79 Å². The Morgan fingerprint density at radius 3 is 2.52 bits per heavy atom. The number of fused-ring (bicyclic) bond motifs is 1. The van der Waals surface area contributed by atoms with Crippen LogP contribution in [-0.2, 0) is 0 Å². The van der Waals surface area contributed by atoms with E-state index in [0.29, 0.717) is 5.56 Å². The van der Waals surface area contributed by atoms with Crippen LogP contribution in [-0.4, -0.2) is 15.2 Å². The molecular formula is C16H10Br2N2O. The largest absolute Gasteiger partial charge is 0.299 e. The van der Waals surface area contributed by atoms with Crippen LogP contribution in [0.25, 0.3) is 11.7 Å². The van der Waals surface area contributed by atoms with Crippen LogP contribution in [0.15, 0.2) is 63.8 Å². The standard InChI is InChI=1S/C16H10Br2N2O/c17-12-3-1-11(2-4-12)15(21)7-6-14-9-19-16-8-5-13(18)10-20(14)16/h1-10H. The average Bonchev–Trinajstić information content (AvgIpc) is 2.88. The van der Waals surface area contributed by atoms with Crippen LogP contribution in [0, 0.1) is 0 Å². The molecule has 1 aromatic carbocycles.